The lowest BCUT2D eigenvalue weighted by atomic mass is 10.1. The second-order valence-corrected chi connectivity index (χ2v) is 6.20. The van der Waals surface area contributed by atoms with Crippen LogP contribution >= 0.6 is 0 Å². The molecule has 2 aliphatic heterocycles. The molecular formula is C19H20N4O. The Bertz CT molecular complexity index is 829. The van der Waals surface area contributed by atoms with E-state index >= 15 is 0 Å². The summed E-state index contributed by atoms with van der Waals surface area (Å²) < 4.78 is 4.90. The summed E-state index contributed by atoms with van der Waals surface area (Å²) in [5, 5.41) is 10.8. The van der Waals surface area contributed by atoms with Gasteiger partial charge in [0.25, 0.3) is 0 Å². The summed E-state index contributed by atoms with van der Waals surface area (Å²) in [6.07, 6.45) is 5.87. The molecule has 0 spiro atoms. The van der Waals surface area contributed by atoms with Gasteiger partial charge in [0.15, 0.2) is 5.82 Å². The number of benzene rings is 1. The molecule has 5 nitrogen and oxygen atoms in total. The lowest BCUT2D eigenvalue weighted by Crippen LogP contribution is -2.28. The number of aryl methyl sites for hydroxylation is 1. The average molecular weight is 320 g/mol. The normalized spacial score (nSPS) is 16.5. The van der Waals surface area contributed by atoms with E-state index in [1.165, 1.54) is 22.4 Å². The molecule has 0 radical (unpaired) electrons. The van der Waals surface area contributed by atoms with Gasteiger partial charge in [0.2, 0.25) is 0 Å². The van der Waals surface area contributed by atoms with E-state index in [0.29, 0.717) is 6.54 Å². The Kier molecular flexibility index (Phi) is 3.61. The van der Waals surface area contributed by atoms with E-state index in [2.05, 4.69) is 71.0 Å². The van der Waals surface area contributed by atoms with Crippen molar-refractivity contribution in [2.45, 2.75) is 13.8 Å². The van der Waals surface area contributed by atoms with Crippen LogP contribution in [0.5, 0.6) is 0 Å². The molecule has 122 valence electrons. The molecule has 0 saturated carbocycles. The molecule has 0 amide bonds. The lowest BCUT2D eigenvalue weighted by Gasteiger charge is -2.26. The quantitative estimate of drug-likeness (QED) is 0.903. The predicted molar refractivity (Wildman–Crippen MR) is 94.8 cm³/mol. The van der Waals surface area contributed by atoms with Gasteiger partial charge in [0.1, 0.15) is 12.1 Å². The van der Waals surface area contributed by atoms with E-state index < -0.39 is 0 Å². The fourth-order valence-electron chi connectivity index (χ4n) is 3.00. The maximum absolute atomic E-state index is 4.90. The Morgan fingerprint density at radius 3 is 2.75 bits per heavy atom. The van der Waals surface area contributed by atoms with E-state index in [4.69, 9.17) is 4.52 Å². The minimum atomic E-state index is 0.674. The zero-order valence-corrected chi connectivity index (χ0v) is 13.8. The fourth-order valence-corrected chi connectivity index (χ4v) is 3.00. The van der Waals surface area contributed by atoms with Crippen LogP contribution in [0.2, 0.25) is 0 Å². The molecule has 0 unspecified atom stereocenters. The third kappa shape index (κ3) is 2.69. The minimum Gasteiger partial charge on any atom is -0.363 e. The molecule has 1 aromatic carbocycles. The predicted octanol–water partition coefficient (Wildman–Crippen LogP) is 3.47. The van der Waals surface area contributed by atoms with Crippen LogP contribution in [0.15, 0.2) is 70.4 Å². The van der Waals surface area contributed by atoms with E-state index in [1.807, 2.05) is 6.07 Å². The first-order chi connectivity index (χ1) is 11.7. The van der Waals surface area contributed by atoms with Crippen LogP contribution in [0, 0.1) is 6.92 Å². The van der Waals surface area contributed by atoms with Crippen molar-refractivity contribution >= 4 is 11.5 Å². The van der Waals surface area contributed by atoms with Gasteiger partial charge in [0, 0.05) is 12.6 Å². The molecular weight excluding hydrogens is 300 g/mol. The van der Waals surface area contributed by atoms with Crippen molar-refractivity contribution < 1.29 is 4.52 Å². The van der Waals surface area contributed by atoms with Gasteiger partial charge in [-0.3, -0.25) is 0 Å². The highest BCUT2D eigenvalue weighted by Crippen LogP contribution is 2.32. The number of hydrogen-bond acceptors (Lipinski definition) is 5. The molecule has 24 heavy (non-hydrogen) atoms. The monoisotopic (exact) mass is 320 g/mol. The number of allylic oxidation sites excluding steroid dienone is 2. The number of aromatic nitrogens is 1. The second kappa shape index (κ2) is 5.92. The lowest BCUT2D eigenvalue weighted by molar-refractivity contribution is 0.421. The highest BCUT2D eigenvalue weighted by atomic mass is 16.5. The number of anilines is 1. The van der Waals surface area contributed by atoms with Gasteiger partial charge in [-0.1, -0.05) is 46.6 Å². The van der Waals surface area contributed by atoms with Crippen molar-refractivity contribution in [2.75, 3.05) is 18.4 Å². The number of fused-ring (bicyclic) bond motifs is 1. The Morgan fingerprint density at radius 1 is 1.17 bits per heavy atom. The largest absolute Gasteiger partial charge is 0.363 e. The highest BCUT2D eigenvalue weighted by molar-refractivity contribution is 5.73. The third-order valence-electron chi connectivity index (χ3n) is 4.31. The summed E-state index contributed by atoms with van der Waals surface area (Å²) in [5.41, 5.74) is 6.13. The zero-order chi connectivity index (χ0) is 16.5. The topological polar surface area (TPSA) is 53.3 Å². The molecule has 0 fully saturated rings. The number of rotatable bonds is 4. The summed E-state index contributed by atoms with van der Waals surface area (Å²) in [6, 6.07) is 10.4. The molecule has 2 aliphatic rings. The van der Waals surface area contributed by atoms with Gasteiger partial charge in [-0.2, -0.15) is 0 Å². The first-order valence-corrected chi connectivity index (χ1v) is 8.07. The third-order valence-corrected chi connectivity index (χ3v) is 4.31. The Labute approximate surface area is 141 Å². The van der Waals surface area contributed by atoms with Gasteiger partial charge >= 0.3 is 0 Å². The van der Waals surface area contributed by atoms with Gasteiger partial charge in [0.05, 0.1) is 17.9 Å². The second-order valence-electron chi connectivity index (χ2n) is 6.20. The van der Waals surface area contributed by atoms with E-state index in [-0.39, 0.29) is 0 Å². The van der Waals surface area contributed by atoms with Crippen molar-refractivity contribution in [3.8, 4) is 0 Å². The highest BCUT2D eigenvalue weighted by Gasteiger charge is 2.28. The number of nitrogens with one attached hydrogen (secondary N) is 2. The molecule has 0 atom stereocenters. The maximum Gasteiger partial charge on any atom is 0.169 e. The van der Waals surface area contributed by atoms with Gasteiger partial charge < -0.3 is 20.1 Å². The van der Waals surface area contributed by atoms with Crippen molar-refractivity contribution in [1.82, 2.24) is 15.4 Å². The van der Waals surface area contributed by atoms with Crippen molar-refractivity contribution in [3.05, 3.63) is 77.0 Å². The van der Waals surface area contributed by atoms with Crippen molar-refractivity contribution in [2.24, 2.45) is 0 Å². The summed E-state index contributed by atoms with van der Waals surface area (Å²) >= 11 is 0. The Morgan fingerprint density at radius 2 is 2.00 bits per heavy atom. The van der Waals surface area contributed by atoms with E-state index in [0.717, 1.165) is 23.9 Å². The zero-order valence-electron chi connectivity index (χ0n) is 13.8. The number of nitrogens with zero attached hydrogens (tertiary/aromatic N) is 2. The smallest absolute Gasteiger partial charge is 0.169 e. The minimum absolute atomic E-state index is 0.674. The molecule has 2 N–H and O–H groups in total. The standard InChI is InChI=1S/C19H20N4O/c1-13-3-6-15(7-4-13)19-16(11-20-17-9-10-24-22-17)23-12-14(2)5-8-18(23)21-19/h3-10,21H,11-12H2,1-2H3,(H,20,22). The van der Waals surface area contributed by atoms with Crippen LogP contribution in [-0.4, -0.2) is 23.1 Å². The van der Waals surface area contributed by atoms with Gasteiger partial charge in [-0.25, -0.2) is 0 Å². The Hall–Kier alpha value is -2.95. The maximum atomic E-state index is 4.90. The van der Waals surface area contributed by atoms with Crippen LogP contribution in [-0.2, 0) is 0 Å². The van der Waals surface area contributed by atoms with E-state index in [9.17, 15) is 0 Å². The van der Waals surface area contributed by atoms with Gasteiger partial charge in [-0.15, -0.1) is 0 Å². The van der Waals surface area contributed by atoms with Crippen molar-refractivity contribution in [1.29, 1.82) is 0 Å². The molecule has 1 aromatic heterocycles. The molecule has 3 heterocycles. The molecule has 0 bridgehead atoms. The van der Waals surface area contributed by atoms with Crippen LogP contribution < -0.4 is 10.6 Å². The van der Waals surface area contributed by atoms with Crippen LogP contribution in [0.3, 0.4) is 0 Å². The molecule has 4 rings (SSSR count). The molecule has 2 aromatic rings. The first kappa shape index (κ1) is 14.6. The molecule has 5 heteroatoms. The SMILES string of the molecule is CC1=CC=C2NC(c3ccc(C)cc3)=C(CNc3ccon3)N2C1. The van der Waals surface area contributed by atoms with Gasteiger partial charge in [-0.05, 0) is 25.5 Å². The average Bonchev–Trinajstić information content (AvgIpc) is 3.21. The van der Waals surface area contributed by atoms with Crippen LogP contribution in [0.25, 0.3) is 5.70 Å². The molecule has 0 aliphatic carbocycles. The molecule has 0 saturated heterocycles. The first-order valence-electron chi connectivity index (χ1n) is 8.07. The summed E-state index contributed by atoms with van der Waals surface area (Å²) in [4.78, 5) is 2.32. The number of hydrogen-bond donors (Lipinski definition) is 2. The van der Waals surface area contributed by atoms with Crippen LogP contribution in [0.1, 0.15) is 18.1 Å². The summed E-state index contributed by atoms with van der Waals surface area (Å²) in [6.45, 7) is 5.82. The summed E-state index contributed by atoms with van der Waals surface area (Å²) in [5.74, 6) is 1.86. The van der Waals surface area contributed by atoms with Crippen molar-refractivity contribution in [3.63, 3.8) is 0 Å². The van der Waals surface area contributed by atoms with Crippen LogP contribution in [0.4, 0.5) is 5.82 Å². The Balaban J connectivity index is 1.68. The summed E-state index contributed by atoms with van der Waals surface area (Å²) in [7, 11) is 0. The van der Waals surface area contributed by atoms with E-state index in [1.54, 1.807) is 6.26 Å². The fraction of sp³-hybridized carbons (Fsp3) is 0.211.